The van der Waals surface area contributed by atoms with Crippen LogP contribution in [0.15, 0.2) is 0 Å². The zero-order valence-electron chi connectivity index (χ0n) is 7.19. The van der Waals surface area contributed by atoms with Crippen LogP contribution >= 0.6 is 0 Å². The monoisotopic (exact) mass is 167 g/mol. The van der Waals surface area contributed by atoms with Crippen molar-refractivity contribution in [2.45, 2.75) is 32.1 Å². The molecular weight excluding hydrogens is 154 g/mol. The van der Waals surface area contributed by atoms with Crippen LogP contribution in [0, 0.1) is 11.5 Å². The van der Waals surface area contributed by atoms with Crippen molar-refractivity contribution >= 4 is 14.0 Å². The lowest BCUT2D eigenvalue weighted by Gasteiger charge is -2.21. The van der Waals surface area contributed by atoms with Crippen LogP contribution in [0.4, 0.5) is 0 Å². The Kier molecular flexibility index (Phi) is 2.05. The van der Waals surface area contributed by atoms with Crippen molar-refractivity contribution in [1.29, 1.82) is 0 Å². The van der Waals surface area contributed by atoms with E-state index in [-0.39, 0.29) is 11.9 Å². The zero-order valence-corrected chi connectivity index (χ0v) is 8.19. The minimum absolute atomic E-state index is 0.125. The maximum Gasteiger partial charge on any atom is 0.224 e. The minimum Gasteiger partial charge on any atom is -0.342 e. The van der Waals surface area contributed by atoms with Crippen LogP contribution in [0.3, 0.4) is 0 Å². The van der Waals surface area contributed by atoms with E-state index in [1.54, 1.807) is 0 Å². The van der Waals surface area contributed by atoms with Gasteiger partial charge < -0.3 is 5.32 Å². The number of hydrogen-bond donors (Lipinski definition) is 1. The second kappa shape index (κ2) is 2.71. The highest BCUT2D eigenvalue weighted by atomic mass is 28.3. The molecule has 0 spiro atoms. The van der Waals surface area contributed by atoms with E-state index < -0.39 is 8.07 Å². The van der Waals surface area contributed by atoms with Crippen molar-refractivity contribution in [1.82, 2.24) is 5.32 Å². The second-order valence-corrected chi connectivity index (χ2v) is 8.59. The summed E-state index contributed by atoms with van der Waals surface area (Å²) in [6.07, 6.45) is 0.595. The van der Waals surface area contributed by atoms with Gasteiger partial charge in [-0.1, -0.05) is 25.6 Å². The third-order valence-electron chi connectivity index (χ3n) is 1.35. The van der Waals surface area contributed by atoms with Gasteiger partial charge in [0.25, 0.3) is 0 Å². The van der Waals surface area contributed by atoms with Gasteiger partial charge in [0.15, 0.2) is 0 Å². The van der Waals surface area contributed by atoms with Crippen molar-refractivity contribution in [3.05, 3.63) is 0 Å². The van der Waals surface area contributed by atoms with Crippen LogP contribution in [-0.4, -0.2) is 20.0 Å². The van der Waals surface area contributed by atoms with Crippen molar-refractivity contribution in [2.24, 2.45) is 0 Å². The summed E-state index contributed by atoms with van der Waals surface area (Å²) >= 11 is 0. The number of amides is 1. The zero-order chi connectivity index (χ0) is 8.48. The van der Waals surface area contributed by atoms with Crippen molar-refractivity contribution < 1.29 is 4.79 Å². The van der Waals surface area contributed by atoms with Crippen LogP contribution in [0.5, 0.6) is 0 Å². The Morgan fingerprint density at radius 1 is 1.55 bits per heavy atom. The number of carbonyl (C=O) groups is 1. The fourth-order valence-electron chi connectivity index (χ4n) is 0.749. The Hall–Kier alpha value is -0.753. The highest BCUT2D eigenvalue weighted by molar-refractivity contribution is 6.83. The number of rotatable bonds is 0. The molecule has 1 aliphatic heterocycles. The summed E-state index contributed by atoms with van der Waals surface area (Å²) in [5.41, 5.74) is 3.22. The van der Waals surface area contributed by atoms with Crippen molar-refractivity contribution in [3.63, 3.8) is 0 Å². The molecule has 1 saturated heterocycles. The second-order valence-electron chi connectivity index (χ2n) is 3.84. The molecule has 3 heteroatoms. The Morgan fingerprint density at radius 2 is 2.09 bits per heavy atom. The fraction of sp³-hybridized carbons (Fsp3) is 0.625. The van der Waals surface area contributed by atoms with Crippen molar-refractivity contribution in [2.75, 3.05) is 0 Å². The summed E-state index contributed by atoms with van der Waals surface area (Å²) in [7, 11) is -1.24. The quantitative estimate of drug-likeness (QED) is 0.322. The first-order valence-electron chi connectivity index (χ1n) is 3.79. The highest BCUT2D eigenvalue weighted by Gasteiger charge is 2.23. The van der Waals surface area contributed by atoms with E-state index in [1.165, 1.54) is 0 Å². The lowest BCUT2D eigenvalue weighted by molar-refractivity contribution is -0.126. The average molecular weight is 167 g/mol. The van der Waals surface area contributed by atoms with Crippen LogP contribution < -0.4 is 5.32 Å². The molecule has 0 saturated carbocycles. The minimum atomic E-state index is -1.24. The van der Waals surface area contributed by atoms with E-state index >= 15 is 0 Å². The molecule has 0 aromatic rings. The molecule has 0 radical (unpaired) electrons. The maximum absolute atomic E-state index is 10.5. The van der Waals surface area contributed by atoms with Crippen LogP contribution in [0.25, 0.3) is 0 Å². The van der Waals surface area contributed by atoms with Crippen molar-refractivity contribution in [3.8, 4) is 11.5 Å². The first-order valence-corrected chi connectivity index (χ1v) is 7.29. The molecule has 60 valence electrons. The molecule has 1 unspecified atom stereocenters. The molecule has 0 aliphatic carbocycles. The predicted molar refractivity (Wildman–Crippen MR) is 47.7 cm³/mol. The number of β-lactam (4-membered cyclic amide) rings is 1. The topological polar surface area (TPSA) is 29.1 Å². The highest BCUT2D eigenvalue weighted by Crippen LogP contribution is 2.03. The lowest BCUT2D eigenvalue weighted by atomic mass is 10.1. The molecule has 1 fully saturated rings. The molecule has 1 aliphatic rings. The molecule has 0 aromatic heterocycles. The van der Waals surface area contributed by atoms with E-state index in [1.807, 2.05) is 0 Å². The SMILES string of the molecule is C[Si](C)(C)C#CC1CC(=O)N1. The number of nitrogens with one attached hydrogen (secondary N) is 1. The van der Waals surface area contributed by atoms with E-state index in [4.69, 9.17) is 0 Å². The molecule has 2 nitrogen and oxygen atoms in total. The van der Waals surface area contributed by atoms with E-state index in [0.29, 0.717) is 6.42 Å². The molecular formula is C8H13NOSi. The first-order chi connectivity index (χ1) is 4.97. The third-order valence-corrected chi connectivity index (χ3v) is 2.24. The number of carbonyl (C=O) groups excluding carboxylic acids is 1. The Labute approximate surface area is 68.4 Å². The van der Waals surface area contributed by atoms with Crippen LogP contribution in [-0.2, 0) is 4.79 Å². The number of hydrogen-bond acceptors (Lipinski definition) is 1. The molecule has 1 rings (SSSR count). The largest absolute Gasteiger partial charge is 0.342 e. The smallest absolute Gasteiger partial charge is 0.224 e. The van der Waals surface area contributed by atoms with E-state index in [9.17, 15) is 4.79 Å². The summed E-state index contributed by atoms with van der Waals surface area (Å²) < 4.78 is 0. The average Bonchev–Trinajstić information content (AvgIpc) is 1.75. The van der Waals surface area contributed by atoms with Gasteiger partial charge in [0.2, 0.25) is 5.91 Å². The standard InChI is InChI=1S/C8H13NOSi/c1-11(2,3)5-4-7-6-8(10)9-7/h7H,6H2,1-3H3,(H,9,10). The summed E-state index contributed by atoms with van der Waals surface area (Å²) in [5.74, 6) is 3.19. The third kappa shape index (κ3) is 2.77. The van der Waals surface area contributed by atoms with Crippen LogP contribution in [0.2, 0.25) is 19.6 Å². The predicted octanol–water partition coefficient (Wildman–Crippen LogP) is 0.756. The first kappa shape index (κ1) is 8.34. The summed E-state index contributed by atoms with van der Waals surface area (Å²) in [4.78, 5) is 10.5. The molecule has 11 heavy (non-hydrogen) atoms. The van der Waals surface area contributed by atoms with E-state index in [2.05, 4.69) is 36.4 Å². The van der Waals surface area contributed by atoms with Gasteiger partial charge in [-0.2, -0.15) is 0 Å². The summed E-state index contributed by atoms with van der Waals surface area (Å²) in [6, 6.07) is 0.147. The molecule has 1 N–H and O–H groups in total. The van der Waals surface area contributed by atoms with Crippen LogP contribution in [0.1, 0.15) is 6.42 Å². The van der Waals surface area contributed by atoms with Gasteiger partial charge >= 0.3 is 0 Å². The molecule has 0 aromatic carbocycles. The Balaban J connectivity index is 2.40. The molecule has 1 atom stereocenters. The van der Waals surface area contributed by atoms with E-state index in [0.717, 1.165) is 0 Å². The summed E-state index contributed by atoms with van der Waals surface area (Å²) in [6.45, 7) is 6.58. The van der Waals surface area contributed by atoms with Gasteiger partial charge in [0, 0.05) is 0 Å². The Bertz CT molecular complexity index is 223. The normalized spacial score (nSPS) is 22.8. The molecule has 1 heterocycles. The van der Waals surface area contributed by atoms with Gasteiger partial charge in [0.1, 0.15) is 8.07 Å². The maximum atomic E-state index is 10.5. The van der Waals surface area contributed by atoms with Gasteiger partial charge in [-0.15, -0.1) is 5.54 Å². The van der Waals surface area contributed by atoms with Gasteiger partial charge in [-0.25, -0.2) is 0 Å². The lowest BCUT2D eigenvalue weighted by Crippen LogP contribution is -2.47. The molecule has 1 amide bonds. The Morgan fingerprint density at radius 3 is 2.45 bits per heavy atom. The molecule has 0 bridgehead atoms. The van der Waals surface area contributed by atoms with Gasteiger partial charge in [-0.3, -0.25) is 4.79 Å². The summed E-state index contributed by atoms with van der Waals surface area (Å²) in [5, 5.41) is 2.72. The van der Waals surface area contributed by atoms with Gasteiger partial charge in [0.05, 0.1) is 12.5 Å². The van der Waals surface area contributed by atoms with Gasteiger partial charge in [-0.05, 0) is 0 Å². The fourth-order valence-corrected chi connectivity index (χ4v) is 1.36.